The standard InChI is InChI=1S/C22H44NO8P/c1-6-8-9-10-11-12-13-15-22(25)31-20(18-28-21(24)14-7-2)19-30-32(26,27)29-17-16-23(3,4)5/h20H,6-19H2,1-5H3. The lowest BCUT2D eigenvalue weighted by Crippen LogP contribution is -2.37. The predicted octanol–water partition coefficient (Wildman–Crippen LogP) is 3.59. The topological polar surface area (TPSA) is 111 Å². The summed E-state index contributed by atoms with van der Waals surface area (Å²) in [6.45, 7) is 3.72. The highest BCUT2D eigenvalue weighted by atomic mass is 31.2. The molecular weight excluding hydrogens is 437 g/mol. The van der Waals surface area contributed by atoms with E-state index < -0.39 is 32.5 Å². The van der Waals surface area contributed by atoms with Crippen molar-refractivity contribution >= 4 is 19.8 Å². The van der Waals surface area contributed by atoms with Crippen molar-refractivity contribution in [3.8, 4) is 0 Å². The Morgan fingerprint density at radius 1 is 0.844 bits per heavy atom. The number of quaternary nitrogens is 1. The van der Waals surface area contributed by atoms with Gasteiger partial charge in [-0.1, -0.05) is 52.4 Å². The summed E-state index contributed by atoms with van der Waals surface area (Å²) >= 11 is 0. The first-order valence-corrected chi connectivity index (χ1v) is 13.2. The largest absolute Gasteiger partial charge is 0.756 e. The van der Waals surface area contributed by atoms with E-state index in [1.807, 2.05) is 28.1 Å². The second-order valence-corrected chi connectivity index (χ2v) is 10.4. The van der Waals surface area contributed by atoms with Crippen LogP contribution in [0.5, 0.6) is 0 Å². The lowest BCUT2D eigenvalue weighted by Gasteiger charge is -2.28. The van der Waals surface area contributed by atoms with Crippen LogP contribution in [0.2, 0.25) is 0 Å². The van der Waals surface area contributed by atoms with Crippen LogP contribution in [-0.4, -0.2) is 70.0 Å². The maximum absolute atomic E-state index is 12.2. The van der Waals surface area contributed by atoms with Crippen molar-refractivity contribution in [2.24, 2.45) is 0 Å². The summed E-state index contributed by atoms with van der Waals surface area (Å²) in [6.07, 6.45) is 7.53. The Kier molecular flexibility index (Phi) is 16.9. The molecule has 2 atom stereocenters. The van der Waals surface area contributed by atoms with Crippen molar-refractivity contribution in [3.05, 3.63) is 0 Å². The van der Waals surface area contributed by atoms with Crippen LogP contribution < -0.4 is 4.89 Å². The molecule has 190 valence electrons. The average Bonchev–Trinajstić information content (AvgIpc) is 2.68. The van der Waals surface area contributed by atoms with Crippen molar-refractivity contribution in [1.29, 1.82) is 0 Å². The van der Waals surface area contributed by atoms with Gasteiger partial charge in [0.25, 0.3) is 7.82 Å². The third-order valence-electron chi connectivity index (χ3n) is 4.60. The third-order valence-corrected chi connectivity index (χ3v) is 5.56. The molecule has 0 amide bonds. The molecule has 0 aromatic carbocycles. The molecule has 0 radical (unpaired) electrons. The van der Waals surface area contributed by atoms with Crippen LogP contribution in [0.15, 0.2) is 0 Å². The van der Waals surface area contributed by atoms with Gasteiger partial charge in [0, 0.05) is 12.8 Å². The van der Waals surface area contributed by atoms with Crippen molar-refractivity contribution in [1.82, 2.24) is 0 Å². The molecular formula is C22H44NO8P. The number of likely N-dealkylation sites (N-methyl/N-ethyl adjacent to an activating group) is 1. The van der Waals surface area contributed by atoms with Crippen LogP contribution in [0.1, 0.15) is 78.1 Å². The Morgan fingerprint density at radius 2 is 1.47 bits per heavy atom. The Labute approximate surface area is 193 Å². The molecule has 0 heterocycles. The summed E-state index contributed by atoms with van der Waals surface area (Å²) in [5.41, 5.74) is 0. The van der Waals surface area contributed by atoms with E-state index in [1.54, 1.807) is 0 Å². The molecule has 0 aliphatic rings. The third kappa shape index (κ3) is 19.7. The van der Waals surface area contributed by atoms with Crippen LogP contribution in [0.25, 0.3) is 0 Å². The minimum atomic E-state index is -4.57. The predicted molar refractivity (Wildman–Crippen MR) is 121 cm³/mol. The summed E-state index contributed by atoms with van der Waals surface area (Å²) in [7, 11) is 1.16. The number of phosphoric acid groups is 1. The van der Waals surface area contributed by atoms with Gasteiger partial charge in [0.2, 0.25) is 0 Å². The Morgan fingerprint density at radius 3 is 2.06 bits per heavy atom. The fourth-order valence-corrected chi connectivity index (χ4v) is 3.42. The molecule has 0 bridgehead atoms. The normalized spacial score (nSPS) is 14.6. The van der Waals surface area contributed by atoms with Crippen molar-refractivity contribution < 1.29 is 42.1 Å². The number of hydrogen-bond donors (Lipinski definition) is 0. The number of phosphoric ester groups is 1. The Bertz CT molecular complexity index is 565. The fourth-order valence-electron chi connectivity index (χ4n) is 2.69. The number of rotatable bonds is 20. The Hall–Kier alpha value is -0.990. The number of carbonyl (C=O) groups excluding carboxylic acids is 2. The first-order chi connectivity index (χ1) is 15.0. The molecule has 0 saturated heterocycles. The van der Waals surface area contributed by atoms with Gasteiger partial charge in [0.1, 0.15) is 19.8 Å². The molecule has 9 nitrogen and oxygen atoms in total. The highest BCUT2D eigenvalue weighted by molar-refractivity contribution is 7.45. The number of unbranched alkanes of at least 4 members (excludes halogenated alkanes) is 6. The first-order valence-electron chi connectivity index (χ1n) is 11.7. The molecule has 0 aromatic rings. The summed E-state index contributed by atoms with van der Waals surface area (Å²) in [5.74, 6) is -0.907. The van der Waals surface area contributed by atoms with E-state index in [2.05, 4.69) is 6.92 Å². The zero-order valence-electron chi connectivity index (χ0n) is 20.6. The quantitative estimate of drug-likeness (QED) is 0.112. The zero-order valence-corrected chi connectivity index (χ0v) is 21.5. The summed E-state index contributed by atoms with van der Waals surface area (Å²) in [5, 5.41) is 0. The van der Waals surface area contributed by atoms with Crippen molar-refractivity contribution in [2.75, 3.05) is 47.5 Å². The molecule has 0 aliphatic heterocycles. The van der Waals surface area contributed by atoms with E-state index >= 15 is 0 Å². The highest BCUT2D eigenvalue weighted by Crippen LogP contribution is 2.38. The molecule has 0 spiro atoms. The monoisotopic (exact) mass is 481 g/mol. The van der Waals surface area contributed by atoms with E-state index in [4.69, 9.17) is 18.5 Å². The van der Waals surface area contributed by atoms with Crippen LogP contribution in [-0.2, 0) is 32.7 Å². The zero-order chi connectivity index (χ0) is 24.5. The smallest absolute Gasteiger partial charge is 0.306 e. The van der Waals surface area contributed by atoms with E-state index in [0.717, 1.165) is 19.3 Å². The maximum Gasteiger partial charge on any atom is 0.306 e. The van der Waals surface area contributed by atoms with Gasteiger partial charge in [-0.2, -0.15) is 0 Å². The lowest BCUT2D eigenvalue weighted by atomic mass is 10.1. The number of ether oxygens (including phenoxy) is 2. The van der Waals surface area contributed by atoms with Crippen LogP contribution >= 0.6 is 7.82 Å². The summed E-state index contributed by atoms with van der Waals surface area (Å²) < 4.78 is 32.7. The lowest BCUT2D eigenvalue weighted by molar-refractivity contribution is -0.870. The minimum absolute atomic E-state index is 0.0293. The Balaban J connectivity index is 4.51. The van der Waals surface area contributed by atoms with Gasteiger partial charge in [0.15, 0.2) is 6.10 Å². The van der Waals surface area contributed by atoms with Gasteiger partial charge >= 0.3 is 11.9 Å². The minimum Gasteiger partial charge on any atom is -0.756 e. The van der Waals surface area contributed by atoms with Crippen LogP contribution in [0.4, 0.5) is 0 Å². The van der Waals surface area contributed by atoms with Crippen molar-refractivity contribution in [2.45, 2.75) is 84.2 Å². The molecule has 0 fully saturated rings. The summed E-state index contributed by atoms with van der Waals surface area (Å²) in [4.78, 5) is 35.8. The molecule has 0 aliphatic carbocycles. The van der Waals surface area contributed by atoms with Gasteiger partial charge in [0.05, 0.1) is 27.7 Å². The first kappa shape index (κ1) is 31.0. The maximum atomic E-state index is 12.2. The molecule has 0 rings (SSSR count). The van der Waals surface area contributed by atoms with E-state index in [0.29, 0.717) is 23.9 Å². The molecule has 0 saturated carbocycles. The second-order valence-electron chi connectivity index (χ2n) is 9.01. The molecule has 10 heteroatoms. The molecule has 2 unspecified atom stereocenters. The molecule has 0 N–H and O–H groups in total. The molecule has 0 aromatic heterocycles. The van der Waals surface area contributed by atoms with E-state index in [-0.39, 0.29) is 26.1 Å². The number of esters is 2. The van der Waals surface area contributed by atoms with Crippen LogP contribution in [0, 0.1) is 0 Å². The highest BCUT2D eigenvalue weighted by Gasteiger charge is 2.21. The SMILES string of the molecule is CCCCCCCCCC(=O)OC(COC(=O)CCC)COP(=O)([O-])OCC[N+](C)(C)C. The summed E-state index contributed by atoms with van der Waals surface area (Å²) in [6, 6.07) is 0. The van der Waals surface area contributed by atoms with Gasteiger partial charge in [-0.25, -0.2) is 0 Å². The van der Waals surface area contributed by atoms with Crippen LogP contribution in [0.3, 0.4) is 0 Å². The van der Waals surface area contributed by atoms with Gasteiger partial charge in [-0.15, -0.1) is 0 Å². The van der Waals surface area contributed by atoms with E-state index in [1.165, 1.54) is 19.3 Å². The van der Waals surface area contributed by atoms with Gasteiger partial charge in [-0.05, 0) is 12.8 Å². The van der Waals surface area contributed by atoms with Gasteiger partial charge in [-0.3, -0.25) is 14.2 Å². The number of nitrogens with zero attached hydrogens (tertiary/aromatic N) is 1. The average molecular weight is 482 g/mol. The van der Waals surface area contributed by atoms with Crippen molar-refractivity contribution in [3.63, 3.8) is 0 Å². The van der Waals surface area contributed by atoms with Gasteiger partial charge < -0.3 is 27.9 Å². The van der Waals surface area contributed by atoms with E-state index in [9.17, 15) is 19.0 Å². The molecule has 32 heavy (non-hydrogen) atoms. The number of hydrogen-bond acceptors (Lipinski definition) is 8. The number of carbonyl (C=O) groups is 2. The second kappa shape index (κ2) is 17.5. The fraction of sp³-hybridized carbons (Fsp3) is 0.909.